The molecule has 1 saturated carbocycles. The second-order valence-electron chi connectivity index (χ2n) is 12.1. The van der Waals surface area contributed by atoms with E-state index < -0.39 is 5.97 Å². The first-order chi connectivity index (χ1) is 19.2. The van der Waals surface area contributed by atoms with E-state index >= 15 is 4.39 Å². The smallest absolute Gasteiger partial charge is 0.303 e. The molecule has 0 heterocycles. The number of carbonyl (C=O) groups is 1. The number of halogens is 1. The summed E-state index contributed by atoms with van der Waals surface area (Å²) in [6.45, 7) is 7.13. The summed E-state index contributed by atoms with van der Waals surface area (Å²) in [6.07, 6.45) is 7.64. The van der Waals surface area contributed by atoms with Crippen molar-refractivity contribution in [1.29, 1.82) is 0 Å². The third-order valence-corrected chi connectivity index (χ3v) is 7.98. The van der Waals surface area contributed by atoms with E-state index in [-0.39, 0.29) is 23.6 Å². The van der Waals surface area contributed by atoms with Crippen LogP contribution in [0.15, 0.2) is 60.7 Å². The molecule has 0 spiro atoms. The van der Waals surface area contributed by atoms with Crippen molar-refractivity contribution < 1.29 is 23.8 Å². The van der Waals surface area contributed by atoms with Crippen LogP contribution in [0.1, 0.15) is 88.3 Å². The number of hydrogen-bond donors (Lipinski definition) is 1. The second kappa shape index (κ2) is 13.3. The molecule has 5 heteroatoms. The molecule has 1 unspecified atom stereocenters. The summed E-state index contributed by atoms with van der Waals surface area (Å²) in [5, 5.41) is 9.44. The lowest BCUT2D eigenvalue weighted by Crippen LogP contribution is -2.16. The van der Waals surface area contributed by atoms with E-state index in [0.29, 0.717) is 23.8 Å². The monoisotopic (exact) mass is 546 g/mol. The van der Waals surface area contributed by atoms with Crippen molar-refractivity contribution >= 4 is 5.97 Å². The number of unbranched alkanes of at least 4 members (excludes halogenated alkanes) is 1. The first kappa shape index (κ1) is 29.6. The minimum atomic E-state index is -0.765. The van der Waals surface area contributed by atoms with Gasteiger partial charge in [-0.1, -0.05) is 76.8 Å². The third kappa shape index (κ3) is 8.33. The molecular formula is C35H43FO4. The maximum Gasteiger partial charge on any atom is 0.303 e. The summed E-state index contributed by atoms with van der Waals surface area (Å²) < 4.78 is 26.6. The molecule has 4 nitrogen and oxygen atoms in total. The van der Waals surface area contributed by atoms with Crippen molar-refractivity contribution in [2.24, 2.45) is 11.3 Å². The lowest BCUT2D eigenvalue weighted by molar-refractivity contribution is -0.137. The van der Waals surface area contributed by atoms with Crippen LogP contribution in [0.5, 0.6) is 11.5 Å². The van der Waals surface area contributed by atoms with Crippen LogP contribution >= 0.6 is 0 Å². The molecule has 0 aliphatic heterocycles. The van der Waals surface area contributed by atoms with Gasteiger partial charge >= 0.3 is 5.97 Å². The Hall–Kier alpha value is -3.34. The number of ether oxygens (including phenoxy) is 2. The molecule has 4 rings (SSSR count). The van der Waals surface area contributed by atoms with Crippen LogP contribution in [0, 0.1) is 17.2 Å². The predicted octanol–water partition coefficient (Wildman–Crippen LogP) is 9.20. The molecule has 3 aromatic rings. The average Bonchev–Trinajstić information content (AvgIpc) is 3.75. The zero-order valence-corrected chi connectivity index (χ0v) is 24.3. The molecule has 40 heavy (non-hydrogen) atoms. The summed E-state index contributed by atoms with van der Waals surface area (Å²) in [6, 6.07) is 18.9. The number of carboxylic acid groups (broad SMARTS) is 1. The van der Waals surface area contributed by atoms with E-state index in [1.54, 1.807) is 19.2 Å². The van der Waals surface area contributed by atoms with Crippen molar-refractivity contribution in [3.8, 4) is 22.6 Å². The Bertz CT molecular complexity index is 1290. The van der Waals surface area contributed by atoms with Gasteiger partial charge in [0.2, 0.25) is 0 Å². The molecule has 1 fully saturated rings. The van der Waals surface area contributed by atoms with Gasteiger partial charge in [0.15, 0.2) is 0 Å². The molecule has 1 aliphatic carbocycles. The molecule has 214 valence electrons. The Morgan fingerprint density at radius 3 is 2.55 bits per heavy atom. The summed E-state index contributed by atoms with van der Waals surface area (Å²) in [4.78, 5) is 11.5. The van der Waals surface area contributed by atoms with Gasteiger partial charge in [-0.15, -0.1) is 0 Å². The van der Waals surface area contributed by atoms with E-state index in [2.05, 4.69) is 26.8 Å². The predicted molar refractivity (Wildman–Crippen MR) is 159 cm³/mol. The molecular weight excluding hydrogens is 503 g/mol. The fourth-order valence-corrected chi connectivity index (χ4v) is 5.57. The van der Waals surface area contributed by atoms with Gasteiger partial charge in [0.1, 0.15) is 23.9 Å². The average molecular weight is 547 g/mol. The molecule has 0 saturated heterocycles. The Kier molecular flexibility index (Phi) is 9.89. The van der Waals surface area contributed by atoms with Gasteiger partial charge in [-0.05, 0) is 89.1 Å². The quantitative estimate of drug-likeness (QED) is 0.206. The maximum absolute atomic E-state index is 15.0. The number of hydrogen-bond acceptors (Lipinski definition) is 3. The summed E-state index contributed by atoms with van der Waals surface area (Å²) in [7, 11) is 1.59. The molecule has 1 aliphatic rings. The van der Waals surface area contributed by atoms with Crippen LogP contribution in [-0.4, -0.2) is 18.2 Å². The van der Waals surface area contributed by atoms with Gasteiger partial charge < -0.3 is 14.6 Å². The van der Waals surface area contributed by atoms with Gasteiger partial charge in [-0.3, -0.25) is 4.79 Å². The Balaban J connectivity index is 1.58. The van der Waals surface area contributed by atoms with Crippen LogP contribution in [0.25, 0.3) is 11.1 Å². The summed E-state index contributed by atoms with van der Waals surface area (Å²) in [5.74, 6) is 0.971. The lowest BCUT2D eigenvalue weighted by atomic mass is 9.79. The number of methoxy groups -OCH3 is 1. The second-order valence-corrected chi connectivity index (χ2v) is 12.1. The van der Waals surface area contributed by atoms with E-state index in [1.807, 2.05) is 36.4 Å². The zero-order chi connectivity index (χ0) is 28.7. The minimum Gasteiger partial charge on any atom is -0.497 e. The summed E-state index contributed by atoms with van der Waals surface area (Å²) in [5.41, 5.74) is 4.61. The maximum atomic E-state index is 15.0. The lowest BCUT2D eigenvalue weighted by Gasteiger charge is -2.26. The molecule has 0 amide bonds. The fourth-order valence-electron chi connectivity index (χ4n) is 5.57. The van der Waals surface area contributed by atoms with Crippen LogP contribution in [0.4, 0.5) is 4.39 Å². The van der Waals surface area contributed by atoms with E-state index in [1.165, 1.54) is 18.9 Å². The van der Waals surface area contributed by atoms with E-state index in [4.69, 9.17) is 9.47 Å². The largest absolute Gasteiger partial charge is 0.497 e. The highest BCUT2D eigenvalue weighted by molar-refractivity contribution is 5.70. The van der Waals surface area contributed by atoms with E-state index in [0.717, 1.165) is 60.1 Å². The zero-order valence-electron chi connectivity index (χ0n) is 24.3. The van der Waals surface area contributed by atoms with Crippen LogP contribution < -0.4 is 9.47 Å². The summed E-state index contributed by atoms with van der Waals surface area (Å²) >= 11 is 0. The van der Waals surface area contributed by atoms with Gasteiger partial charge in [-0.25, -0.2) is 4.39 Å². The van der Waals surface area contributed by atoms with Crippen LogP contribution in [0.2, 0.25) is 0 Å². The van der Waals surface area contributed by atoms with Gasteiger partial charge in [0.25, 0.3) is 0 Å². The third-order valence-electron chi connectivity index (χ3n) is 7.98. The molecule has 0 bridgehead atoms. The number of aliphatic carboxylic acids is 1. The standard InChI is InChI=1S/C35H43FO4/c1-5-6-16-35(2,3)22-28-18-25(12-14-31(28)32-21-29(39-4)13-15-33(32)36)23-40-30-9-7-8-26(19-30)27(20-34(37)38)17-24-10-11-24/h7-9,12-15,18-19,21,24,27H,5-6,10-11,16-17,20,22-23H2,1-4H3,(H,37,38). The molecule has 0 aromatic heterocycles. The van der Waals surface area contributed by atoms with Crippen molar-refractivity contribution in [2.45, 2.75) is 84.7 Å². The Labute approximate surface area is 238 Å². The van der Waals surface area contributed by atoms with Crippen molar-refractivity contribution in [1.82, 2.24) is 0 Å². The number of benzene rings is 3. The first-order valence-corrected chi connectivity index (χ1v) is 14.6. The minimum absolute atomic E-state index is 0.00236. The normalized spacial score (nSPS) is 14.1. The van der Waals surface area contributed by atoms with Gasteiger partial charge in [0.05, 0.1) is 13.5 Å². The van der Waals surface area contributed by atoms with Crippen molar-refractivity contribution in [2.75, 3.05) is 7.11 Å². The topological polar surface area (TPSA) is 55.8 Å². The molecule has 1 N–H and O–H groups in total. The van der Waals surface area contributed by atoms with Crippen molar-refractivity contribution in [3.63, 3.8) is 0 Å². The van der Waals surface area contributed by atoms with Gasteiger partial charge in [-0.2, -0.15) is 0 Å². The Morgan fingerprint density at radius 2 is 1.85 bits per heavy atom. The molecule has 1 atom stereocenters. The highest BCUT2D eigenvalue weighted by Gasteiger charge is 2.28. The molecule has 0 radical (unpaired) electrons. The highest BCUT2D eigenvalue weighted by Crippen LogP contribution is 2.41. The van der Waals surface area contributed by atoms with Gasteiger partial charge in [0, 0.05) is 5.56 Å². The van der Waals surface area contributed by atoms with Crippen LogP contribution in [0.3, 0.4) is 0 Å². The molecule has 3 aromatic carbocycles. The van der Waals surface area contributed by atoms with E-state index in [9.17, 15) is 9.90 Å². The van der Waals surface area contributed by atoms with Crippen LogP contribution in [-0.2, 0) is 17.8 Å². The first-order valence-electron chi connectivity index (χ1n) is 14.6. The van der Waals surface area contributed by atoms with Crippen molar-refractivity contribution in [3.05, 3.63) is 83.2 Å². The Morgan fingerprint density at radius 1 is 1.05 bits per heavy atom. The SMILES string of the molecule is CCCCC(C)(C)Cc1cc(COc2cccc(C(CC(=O)O)CC3CC3)c2)ccc1-c1cc(OC)ccc1F. The highest BCUT2D eigenvalue weighted by atomic mass is 19.1. The number of rotatable bonds is 15. The number of carboxylic acids is 1. The fraction of sp³-hybridized carbons (Fsp3) is 0.457.